The molecule has 6 nitrogen and oxygen atoms in total. The monoisotopic (exact) mass is 343 g/mol. The van der Waals surface area contributed by atoms with Crippen LogP contribution in [-0.4, -0.2) is 48.9 Å². The number of rotatable bonds is 6. The molecule has 2 aromatic carbocycles. The molecule has 1 heterocycles. The molecule has 1 aliphatic heterocycles. The summed E-state index contributed by atoms with van der Waals surface area (Å²) >= 11 is 0. The summed E-state index contributed by atoms with van der Waals surface area (Å²) in [6.45, 7) is 0.455. The van der Waals surface area contributed by atoms with Crippen molar-refractivity contribution in [3.8, 4) is 0 Å². The van der Waals surface area contributed by atoms with E-state index in [4.69, 9.17) is 14.6 Å². The molecule has 25 heavy (non-hydrogen) atoms. The summed E-state index contributed by atoms with van der Waals surface area (Å²) in [5.41, 5.74) is 0.927. The van der Waals surface area contributed by atoms with Gasteiger partial charge in [-0.05, 0) is 22.8 Å². The first-order valence-corrected chi connectivity index (χ1v) is 8.30. The molecule has 0 spiro atoms. The van der Waals surface area contributed by atoms with Gasteiger partial charge in [-0.25, -0.2) is 4.79 Å². The predicted octanol–water partition coefficient (Wildman–Crippen LogP) is 1.76. The molecule has 0 saturated carbocycles. The van der Waals surface area contributed by atoms with Crippen LogP contribution in [0.1, 0.15) is 12.0 Å². The van der Waals surface area contributed by atoms with Crippen LogP contribution in [0.4, 0.5) is 0 Å². The highest BCUT2D eigenvalue weighted by molar-refractivity contribution is 5.85. The summed E-state index contributed by atoms with van der Waals surface area (Å²) in [6, 6.07) is 13.6. The quantitative estimate of drug-likeness (QED) is 0.835. The van der Waals surface area contributed by atoms with E-state index >= 15 is 0 Å². The Balaban J connectivity index is 1.60. The van der Waals surface area contributed by atoms with Crippen molar-refractivity contribution in [2.75, 3.05) is 19.8 Å². The summed E-state index contributed by atoms with van der Waals surface area (Å²) in [6.07, 6.45) is 0.478. The van der Waals surface area contributed by atoms with Gasteiger partial charge in [0.05, 0.1) is 25.2 Å². The van der Waals surface area contributed by atoms with Crippen molar-refractivity contribution in [3.63, 3.8) is 0 Å². The Labute approximate surface area is 145 Å². The fourth-order valence-electron chi connectivity index (χ4n) is 3.02. The van der Waals surface area contributed by atoms with E-state index in [2.05, 4.69) is 5.32 Å². The lowest BCUT2D eigenvalue weighted by atomic mass is 10.0. The van der Waals surface area contributed by atoms with Gasteiger partial charge < -0.3 is 19.9 Å². The Kier molecular flexibility index (Phi) is 5.63. The molecule has 2 N–H and O–H groups in total. The van der Waals surface area contributed by atoms with Crippen molar-refractivity contribution in [2.24, 2.45) is 0 Å². The minimum atomic E-state index is -1.02. The van der Waals surface area contributed by atoms with Gasteiger partial charge in [0, 0.05) is 6.61 Å². The number of fused-ring (bicyclic) bond motifs is 1. The first kappa shape index (κ1) is 17.4. The fourth-order valence-corrected chi connectivity index (χ4v) is 3.02. The van der Waals surface area contributed by atoms with Crippen LogP contribution >= 0.6 is 0 Å². The van der Waals surface area contributed by atoms with Gasteiger partial charge >= 0.3 is 5.97 Å². The Bertz CT molecular complexity index is 760. The van der Waals surface area contributed by atoms with E-state index in [1.54, 1.807) is 0 Å². The number of carboxylic acids is 1. The van der Waals surface area contributed by atoms with Crippen molar-refractivity contribution < 1.29 is 24.2 Å². The van der Waals surface area contributed by atoms with Gasteiger partial charge in [-0.1, -0.05) is 42.5 Å². The van der Waals surface area contributed by atoms with Crippen LogP contribution < -0.4 is 5.32 Å². The van der Waals surface area contributed by atoms with E-state index in [0.29, 0.717) is 19.6 Å². The first-order valence-electron chi connectivity index (χ1n) is 8.30. The van der Waals surface area contributed by atoms with Crippen LogP contribution in [0.5, 0.6) is 0 Å². The van der Waals surface area contributed by atoms with Gasteiger partial charge in [-0.3, -0.25) is 4.79 Å². The average molecular weight is 343 g/mol. The number of ether oxygens (including phenoxy) is 2. The number of nitrogens with one attached hydrogen (secondary N) is 1. The molecule has 2 aromatic rings. The number of carboxylic acid groups (broad SMARTS) is 1. The van der Waals surface area contributed by atoms with E-state index < -0.39 is 5.97 Å². The maximum atomic E-state index is 12.4. The van der Waals surface area contributed by atoms with E-state index in [0.717, 1.165) is 16.3 Å². The van der Waals surface area contributed by atoms with Crippen LogP contribution in [0.15, 0.2) is 42.5 Å². The van der Waals surface area contributed by atoms with Crippen LogP contribution in [-0.2, 0) is 25.5 Å². The topological polar surface area (TPSA) is 84.9 Å². The number of benzene rings is 2. The second kappa shape index (κ2) is 8.09. The van der Waals surface area contributed by atoms with Gasteiger partial charge in [-0.2, -0.15) is 0 Å². The van der Waals surface area contributed by atoms with Crippen molar-refractivity contribution in [1.82, 2.24) is 5.32 Å². The third-order valence-corrected chi connectivity index (χ3v) is 4.24. The highest BCUT2D eigenvalue weighted by atomic mass is 16.5. The van der Waals surface area contributed by atoms with Crippen molar-refractivity contribution >= 4 is 22.6 Å². The zero-order chi connectivity index (χ0) is 17.6. The molecule has 2 atom stereocenters. The molecule has 0 aromatic heterocycles. The molecule has 1 saturated heterocycles. The zero-order valence-corrected chi connectivity index (χ0v) is 13.8. The lowest BCUT2D eigenvalue weighted by Crippen LogP contribution is -2.51. The van der Waals surface area contributed by atoms with E-state index in [-0.39, 0.29) is 31.1 Å². The number of hydrogen-bond donors (Lipinski definition) is 2. The first-order chi connectivity index (χ1) is 12.1. The predicted molar refractivity (Wildman–Crippen MR) is 92.4 cm³/mol. The van der Waals surface area contributed by atoms with Gasteiger partial charge in [0.15, 0.2) is 0 Å². The molecule has 1 amide bonds. The normalized spacial score (nSPS) is 20.3. The molecule has 1 fully saturated rings. The third-order valence-electron chi connectivity index (χ3n) is 4.24. The zero-order valence-electron chi connectivity index (χ0n) is 13.8. The highest BCUT2D eigenvalue weighted by Gasteiger charge is 2.28. The number of aliphatic carboxylic acids is 1. The molecule has 0 bridgehead atoms. The molecule has 3 rings (SSSR count). The van der Waals surface area contributed by atoms with Gasteiger partial charge in [-0.15, -0.1) is 0 Å². The third kappa shape index (κ3) is 4.78. The fraction of sp³-hybridized carbons (Fsp3) is 0.368. The van der Waals surface area contributed by atoms with Crippen molar-refractivity contribution in [3.05, 3.63) is 48.0 Å². The van der Waals surface area contributed by atoms with Crippen LogP contribution in [0.25, 0.3) is 10.8 Å². The van der Waals surface area contributed by atoms with Crippen molar-refractivity contribution in [2.45, 2.75) is 25.0 Å². The average Bonchev–Trinajstić information content (AvgIpc) is 2.60. The molecule has 0 aliphatic carbocycles. The highest BCUT2D eigenvalue weighted by Crippen LogP contribution is 2.17. The van der Waals surface area contributed by atoms with Gasteiger partial charge in [0.2, 0.25) is 5.91 Å². The second-order valence-corrected chi connectivity index (χ2v) is 6.14. The number of amides is 1. The largest absolute Gasteiger partial charge is 0.480 e. The summed E-state index contributed by atoms with van der Waals surface area (Å²) < 4.78 is 10.8. The Morgan fingerprint density at radius 3 is 2.80 bits per heavy atom. The van der Waals surface area contributed by atoms with Gasteiger partial charge in [0.1, 0.15) is 6.61 Å². The Morgan fingerprint density at radius 2 is 2.00 bits per heavy atom. The summed E-state index contributed by atoms with van der Waals surface area (Å²) in [5.74, 6) is -1.15. The molecular weight excluding hydrogens is 322 g/mol. The minimum absolute atomic E-state index is 0.130. The van der Waals surface area contributed by atoms with Crippen LogP contribution in [0.2, 0.25) is 0 Å². The van der Waals surface area contributed by atoms with Crippen LogP contribution in [0.3, 0.4) is 0 Å². The maximum absolute atomic E-state index is 12.4. The van der Waals surface area contributed by atoms with Gasteiger partial charge in [0.25, 0.3) is 0 Å². The molecule has 0 radical (unpaired) electrons. The number of hydrogen-bond acceptors (Lipinski definition) is 4. The SMILES string of the molecule is O=C(O)CO[C@H]1CCOC[C@H]1NC(=O)Cc1ccc2ccccc2c1. The van der Waals surface area contributed by atoms with E-state index in [1.165, 1.54) is 0 Å². The number of carbonyl (C=O) groups excluding carboxylic acids is 1. The Morgan fingerprint density at radius 1 is 1.20 bits per heavy atom. The lowest BCUT2D eigenvalue weighted by molar-refractivity contribution is -0.148. The minimum Gasteiger partial charge on any atom is -0.480 e. The van der Waals surface area contributed by atoms with E-state index in [9.17, 15) is 9.59 Å². The molecule has 132 valence electrons. The smallest absolute Gasteiger partial charge is 0.329 e. The summed E-state index contributed by atoms with van der Waals surface area (Å²) in [5, 5.41) is 13.9. The number of carbonyl (C=O) groups is 2. The standard InChI is InChI=1S/C19H21NO5/c21-18(10-13-5-6-14-3-1-2-4-15(14)9-13)20-16-11-24-8-7-17(16)25-12-19(22)23/h1-6,9,16-17H,7-8,10-12H2,(H,20,21)(H,22,23)/t16-,17+/m1/s1. The molecule has 1 aliphatic rings. The summed E-state index contributed by atoms with van der Waals surface area (Å²) in [4.78, 5) is 23.0. The van der Waals surface area contributed by atoms with Crippen LogP contribution in [0, 0.1) is 0 Å². The van der Waals surface area contributed by atoms with Crippen molar-refractivity contribution in [1.29, 1.82) is 0 Å². The second-order valence-electron chi connectivity index (χ2n) is 6.14. The Hall–Kier alpha value is -2.44. The molecule has 0 unspecified atom stereocenters. The lowest BCUT2D eigenvalue weighted by Gasteiger charge is -2.31. The molecular formula is C19H21NO5. The molecule has 6 heteroatoms. The maximum Gasteiger partial charge on any atom is 0.329 e. The summed E-state index contributed by atoms with van der Waals surface area (Å²) in [7, 11) is 0. The van der Waals surface area contributed by atoms with E-state index in [1.807, 2.05) is 42.5 Å².